The zero-order chi connectivity index (χ0) is 64.2. The largest absolute Gasteiger partial charge is 0.508 e. The molecule has 0 saturated heterocycles. The molecule has 23 heteroatoms. The normalized spacial score (nSPS) is 9.95. The third kappa shape index (κ3) is 110. The SMILES string of the molecule is C=O.C=O.CCCCCCCO.CCCCCCCO.CCCCCCCOC(=O)OCCOC=O.CCCCCCCOCCOOCCN(CCCN(C)CCCN(CCC)CCC=O)CCC(=O)OCCO.COCCO.O=CO. The van der Waals surface area contributed by atoms with Crippen LogP contribution in [0.2, 0.25) is 0 Å². The van der Waals surface area contributed by atoms with Gasteiger partial charge in [0.2, 0.25) is 0 Å². The van der Waals surface area contributed by atoms with Crippen LogP contribution in [0.1, 0.15) is 195 Å². The number of carbonyl (C=O) groups is 7. The summed E-state index contributed by atoms with van der Waals surface area (Å²) < 4.78 is 28.8. The molecule has 0 aromatic rings. The van der Waals surface area contributed by atoms with Crippen molar-refractivity contribution < 1.29 is 97.3 Å². The molecule has 0 heterocycles. The molecular weight excluding hydrogens is 1080 g/mol. The van der Waals surface area contributed by atoms with E-state index in [0.717, 1.165) is 104 Å². The van der Waals surface area contributed by atoms with E-state index in [1.54, 1.807) is 7.11 Å². The van der Waals surface area contributed by atoms with Gasteiger partial charge in [-0.15, -0.1) is 0 Å². The molecule has 0 aliphatic carbocycles. The van der Waals surface area contributed by atoms with Crippen molar-refractivity contribution in [3.8, 4) is 0 Å². The first-order valence-electron chi connectivity index (χ1n) is 30.5. The minimum atomic E-state index is -0.704. The Labute approximate surface area is 503 Å². The number of ether oxygens (including phenoxy) is 6. The topological polar surface area (TPSA) is 304 Å². The van der Waals surface area contributed by atoms with E-state index in [-0.39, 0.29) is 51.9 Å². The summed E-state index contributed by atoms with van der Waals surface area (Å²) in [4.78, 5) is 85.1. The fourth-order valence-corrected chi connectivity index (χ4v) is 6.88. The fourth-order valence-electron chi connectivity index (χ4n) is 6.88. The summed E-state index contributed by atoms with van der Waals surface area (Å²) in [6.45, 7) is 25.6. The molecule has 83 heavy (non-hydrogen) atoms. The average Bonchev–Trinajstić information content (AvgIpc) is 3.49. The lowest BCUT2D eigenvalue weighted by atomic mass is 10.2. The Morgan fingerprint density at radius 2 is 0.892 bits per heavy atom. The zero-order valence-electron chi connectivity index (χ0n) is 53.4. The number of hydrogen-bond acceptors (Lipinski definition) is 22. The molecule has 0 amide bonds. The number of hydrogen-bond donors (Lipinski definition) is 5. The molecule has 0 aromatic heterocycles. The maximum Gasteiger partial charge on any atom is 0.508 e. The first-order chi connectivity index (χ1) is 40.5. The van der Waals surface area contributed by atoms with Crippen LogP contribution in [0, 0.1) is 0 Å². The quantitative estimate of drug-likeness (QED) is 0.00955. The van der Waals surface area contributed by atoms with Crippen LogP contribution in [-0.4, -0.2) is 238 Å². The van der Waals surface area contributed by atoms with Crippen molar-refractivity contribution >= 4 is 44.9 Å². The molecule has 0 bridgehead atoms. The Morgan fingerprint density at radius 3 is 1.33 bits per heavy atom. The van der Waals surface area contributed by atoms with Crippen LogP contribution in [-0.2, 0) is 67.0 Å². The highest BCUT2D eigenvalue weighted by atomic mass is 17.2. The summed E-state index contributed by atoms with van der Waals surface area (Å²) in [6.07, 6.45) is 28.1. The van der Waals surface area contributed by atoms with Gasteiger partial charge in [0.1, 0.15) is 46.3 Å². The number of aliphatic hydroxyl groups is 4. The Balaban J connectivity index is -0.000000172. The minimum Gasteiger partial charge on any atom is -0.483 e. The average molecular weight is 1210 g/mol. The van der Waals surface area contributed by atoms with Crippen molar-refractivity contribution in [2.75, 3.05) is 152 Å². The van der Waals surface area contributed by atoms with E-state index in [4.69, 9.17) is 63.9 Å². The van der Waals surface area contributed by atoms with Crippen molar-refractivity contribution in [1.82, 2.24) is 14.7 Å². The highest BCUT2D eigenvalue weighted by molar-refractivity contribution is 5.69. The lowest BCUT2D eigenvalue weighted by Crippen LogP contribution is -2.34. The van der Waals surface area contributed by atoms with Crippen LogP contribution in [0.15, 0.2) is 0 Å². The highest BCUT2D eigenvalue weighted by Gasteiger charge is 2.11. The number of carboxylic acid groups (broad SMARTS) is 1. The van der Waals surface area contributed by atoms with Crippen molar-refractivity contribution in [1.29, 1.82) is 0 Å². The predicted octanol–water partition coefficient (Wildman–Crippen LogP) is 8.30. The molecular formula is C60H125N3O20. The number of nitrogens with zero attached hydrogens (tertiary/aromatic N) is 3. The highest BCUT2D eigenvalue weighted by Crippen LogP contribution is 2.06. The van der Waals surface area contributed by atoms with Gasteiger partial charge in [0, 0.05) is 53.0 Å². The molecule has 0 rings (SSSR count). The second kappa shape index (κ2) is 100. The van der Waals surface area contributed by atoms with E-state index < -0.39 is 6.16 Å². The number of rotatable bonds is 53. The smallest absolute Gasteiger partial charge is 0.483 e. The zero-order valence-corrected chi connectivity index (χ0v) is 53.4. The predicted molar refractivity (Wildman–Crippen MR) is 326 cm³/mol. The maximum absolute atomic E-state index is 11.9. The molecule has 0 radical (unpaired) electrons. The van der Waals surface area contributed by atoms with Gasteiger partial charge in [0.15, 0.2) is 0 Å². The van der Waals surface area contributed by atoms with Crippen molar-refractivity contribution in [3.63, 3.8) is 0 Å². The molecule has 0 atom stereocenters. The van der Waals surface area contributed by atoms with Crippen LogP contribution in [0.25, 0.3) is 0 Å². The van der Waals surface area contributed by atoms with Gasteiger partial charge in [0.05, 0.1) is 46.1 Å². The molecule has 0 aliphatic rings. The van der Waals surface area contributed by atoms with E-state index in [2.05, 4.69) is 70.6 Å². The molecule has 0 fully saturated rings. The van der Waals surface area contributed by atoms with Gasteiger partial charge >= 0.3 is 12.1 Å². The van der Waals surface area contributed by atoms with Gasteiger partial charge in [-0.25, -0.2) is 14.6 Å². The van der Waals surface area contributed by atoms with Crippen molar-refractivity contribution in [2.45, 2.75) is 195 Å². The second-order valence-corrected chi connectivity index (χ2v) is 18.4. The summed E-state index contributed by atoms with van der Waals surface area (Å²) in [6, 6.07) is 0. The maximum atomic E-state index is 11.9. The number of unbranched alkanes of at least 4 members (excludes halogenated alkanes) is 16. The number of esters is 1. The molecule has 23 nitrogen and oxygen atoms in total. The van der Waals surface area contributed by atoms with Gasteiger partial charge in [-0.3, -0.25) is 14.4 Å². The third-order valence-electron chi connectivity index (χ3n) is 11.2. The summed E-state index contributed by atoms with van der Waals surface area (Å²) in [5, 5.41) is 40.4. The fraction of sp³-hybridized carbons (Fsp3) is 0.883. The minimum absolute atomic E-state index is 0.0339. The molecule has 0 unspecified atom stereocenters. The monoisotopic (exact) mass is 1210 g/mol. The van der Waals surface area contributed by atoms with Gasteiger partial charge in [-0.1, -0.05) is 137 Å². The number of methoxy groups -OCH3 is 1. The van der Waals surface area contributed by atoms with Crippen molar-refractivity contribution in [2.24, 2.45) is 0 Å². The Bertz CT molecular complexity index is 1150. The van der Waals surface area contributed by atoms with Crippen LogP contribution in [0.4, 0.5) is 4.79 Å². The first-order valence-corrected chi connectivity index (χ1v) is 30.5. The number of aldehydes is 1. The van der Waals surface area contributed by atoms with Crippen LogP contribution in [0.5, 0.6) is 0 Å². The standard InChI is InChI=1S/C29H59N3O7.C11H20O5.2C7H16O.C3H8O2.CH2O2.2CH2O/c1-4-6-7-8-9-24-36-27-28-39-38-25-21-32(20-13-29(35)37-26-23-34)18-11-16-30(3)15-10-17-31(14-5-2)19-12-22-33;1-2-3-4-5-6-7-15-11(13)16-9-8-14-10-12;2*1-2-3-4-5-6-7-8;1-5-3-2-4;2-1-3;2*1-2/h22,34H,4-21,23-28H2,1-3H3;10H,2-9H2,1H3;2*8H,2-7H2,1H3;4H,2-3H2,1H3;1H,(H,2,3);2*1H2. The number of carbonyl (C=O) groups excluding carboxylic acids is 6. The van der Waals surface area contributed by atoms with E-state index in [9.17, 15) is 19.2 Å². The van der Waals surface area contributed by atoms with Gasteiger partial charge in [-0.2, -0.15) is 0 Å². The third-order valence-corrected chi connectivity index (χ3v) is 11.2. The van der Waals surface area contributed by atoms with E-state index in [1.807, 2.05) is 13.6 Å². The van der Waals surface area contributed by atoms with Gasteiger partial charge in [-0.05, 0) is 84.7 Å². The Kier molecular flexibility index (Phi) is 115. The molecule has 0 spiro atoms. The van der Waals surface area contributed by atoms with Crippen LogP contribution in [0.3, 0.4) is 0 Å². The van der Waals surface area contributed by atoms with Gasteiger partial charge < -0.3 is 83.0 Å². The lowest BCUT2D eigenvalue weighted by Gasteiger charge is -2.25. The molecule has 0 saturated carbocycles. The van der Waals surface area contributed by atoms with E-state index in [0.29, 0.717) is 72.2 Å². The molecule has 500 valence electrons. The second-order valence-electron chi connectivity index (χ2n) is 18.4. The number of aliphatic hydroxyl groups excluding tert-OH is 4. The van der Waals surface area contributed by atoms with E-state index in [1.165, 1.54) is 96.3 Å². The van der Waals surface area contributed by atoms with Gasteiger partial charge in [0.25, 0.3) is 12.9 Å². The molecule has 0 aliphatic heterocycles. The Hall–Kier alpha value is -3.75. The summed E-state index contributed by atoms with van der Waals surface area (Å²) in [5.41, 5.74) is 0. The summed E-state index contributed by atoms with van der Waals surface area (Å²) >= 11 is 0. The summed E-state index contributed by atoms with van der Waals surface area (Å²) in [7, 11) is 3.69. The molecule has 0 aromatic carbocycles. The van der Waals surface area contributed by atoms with Crippen molar-refractivity contribution in [3.05, 3.63) is 0 Å². The first kappa shape index (κ1) is 95.6. The molecule has 5 N–H and O–H groups in total. The lowest BCUT2D eigenvalue weighted by molar-refractivity contribution is -0.300. The van der Waals surface area contributed by atoms with Crippen LogP contribution < -0.4 is 0 Å². The summed E-state index contributed by atoms with van der Waals surface area (Å²) in [5.74, 6) is -0.304. The Morgan fingerprint density at radius 1 is 0.434 bits per heavy atom. The van der Waals surface area contributed by atoms with E-state index >= 15 is 0 Å². The van der Waals surface area contributed by atoms with Crippen LogP contribution >= 0.6 is 0 Å².